The van der Waals surface area contributed by atoms with Gasteiger partial charge in [-0.25, -0.2) is 0 Å². The molecule has 1 heterocycles. The van der Waals surface area contributed by atoms with Gasteiger partial charge in [0, 0.05) is 23.4 Å². The van der Waals surface area contributed by atoms with Crippen LogP contribution in [0, 0.1) is 0 Å². The molecule has 0 spiro atoms. The van der Waals surface area contributed by atoms with Crippen molar-refractivity contribution in [1.82, 2.24) is 4.98 Å². The third kappa shape index (κ3) is 3.46. The third-order valence-electron chi connectivity index (χ3n) is 2.49. The second kappa shape index (κ2) is 5.68. The first-order valence-corrected chi connectivity index (χ1v) is 6.23. The van der Waals surface area contributed by atoms with Gasteiger partial charge in [-0.3, -0.25) is 4.98 Å². The lowest BCUT2D eigenvalue weighted by molar-refractivity contribution is 1.01. The Morgan fingerprint density at radius 1 is 1.18 bits per heavy atom. The molecule has 0 unspecified atom stereocenters. The van der Waals surface area contributed by atoms with Crippen LogP contribution in [-0.2, 0) is 6.42 Å². The smallest absolute Gasteiger partial charge is 0.0574 e. The van der Waals surface area contributed by atoms with Crippen molar-refractivity contribution in [3.8, 4) is 0 Å². The topological polar surface area (TPSA) is 50.9 Å². The van der Waals surface area contributed by atoms with Gasteiger partial charge in [-0.1, -0.05) is 15.9 Å². The number of nitrogens with one attached hydrogen (secondary N) is 1. The van der Waals surface area contributed by atoms with E-state index in [1.807, 2.05) is 42.7 Å². The molecule has 0 amide bonds. The summed E-state index contributed by atoms with van der Waals surface area (Å²) in [4.78, 5) is 3.99. The Labute approximate surface area is 109 Å². The van der Waals surface area contributed by atoms with Gasteiger partial charge in [-0.05, 0) is 42.3 Å². The number of nitrogens with two attached hydrogens (primary N) is 1. The lowest BCUT2D eigenvalue weighted by Gasteiger charge is -2.09. The van der Waals surface area contributed by atoms with E-state index in [-0.39, 0.29) is 0 Å². The normalized spacial score (nSPS) is 10.2. The molecule has 0 radical (unpaired) electrons. The zero-order valence-corrected chi connectivity index (χ0v) is 10.9. The van der Waals surface area contributed by atoms with E-state index >= 15 is 0 Å². The average molecular weight is 292 g/mol. The summed E-state index contributed by atoms with van der Waals surface area (Å²) < 4.78 is 0.995. The van der Waals surface area contributed by atoms with Crippen LogP contribution in [-0.4, -0.2) is 11.5 Å². The van der Waals surface area contributed by atoms with Crippen LogP contribution in [0.15, 0.2) is 47.2 Å². The SMILES string of the molecule is Nc1cc(Br)ccc1NCCc1ccncc1. The number of nitrogens with zero attached hydrogens (tertiary/aromatic N) is 1. The molecule has 88 valence electrons. The van der Waals surface area contributed by atoms with Gasteiger partial charge in [0.15, 0.2) is 0 Å². The van der Waals surface area contributed by atoms with Gasteiger partial charge in [0.2, 0.25) is 0 Å². The molecular weight excluding hydrogens is 278 g/mol. The van der Waals surface area contributed by atoms with Crippen LogP contribution in [0.25, 0.3) is 0 Å². The van der Waals surface area contributed by atoms with Crippen molar-refractivity contribution in [3.05, 3.63) is 52.8 Å². The van der Waals surface area contributed by atoms with E-state index in [0.29, 0.717) is 0 Å². The van der Waals surface area contributed by atoms with Crippen LogP contribution in [0.5, 0.6) is 0 Å². The van der Waals surface area contributed by atoms with Gasteiger partial charge in [0.05, 0.1) is 11.4 Å². The Bertz CT molecular complexity index is 485. The highest BCUT2D eigenvalue weighted by Gasteiger charge is 1.99. The molecular formula is C13H14BrN3. The summed E-state index contributed by atoms with van der Waals surface area (Å²) in [5.74, 6) is 0. The first-order chi connectivity index (χ1) is 8.25. The van der Waals surface area contributed by atoms with Gasteiger partial charge in [-0.15, -0.1) is 0 Å². The maximum Gasteiger partial charge on any atom is 0.0574 e. The van der Waals surface area contributed by atoms with Gasteiger partial charge in [0.25, 0.3) is 0 Å². The summed E-state index contributed by atoms with van der Waals surface area (Å²) in [5, 5.41) is 3.32. The largest absolute Gasteiger partial charge is 0.397 e. The molecule has 0 atom stereocenters. The standard InChI is InChI=1S/C13H14BrN3/c14-11-1-2-13(12(15)9-11)17-8-5-10-3-6-16-7-4-10/h1-4,6-7,9,17H,5,8,15H2. The molecule has 0 aliphatic rings. The van der Waals surface area contributed by atoms with Crippen LogP contribution in [0.2, 0.25) is 0 Å². The molecule has 0 aliphatic carbocycles. The molecule has 2 aromatic rings. The minimum absolute atomic E-state index is 0.758. The van der Waals surface area contributed by atoms with Crippen molar-refractivity contribution in [2.75, 3.05) is 17.6 Å². The summed E-state index contributed by atoms with van der Waals surface area (Å²) in [6.07, 6.45) is 4.57. The molecule has 17 heavy (non-hydrogen) atoms. The quantitative estimate of drug-likeness (QED) is 0.851. The highest BCUT2D eigenvalue weighted by Crippen LogP contribution is 2.22. The van der Waals surface area contributed by atoms with Gasteiger partial charge >= 0.3 is 0 Å². The van der Waals surface area contributed by atoms with Crippen molar-refractivity contribution in [3.63, 3.8) is 0 Å². The van der Waals surface area contributed by atoms with Crippen LogP contribution >= 0.6 is 15.9 Å². The molecule has 1 aromatic heterocycles. The van der Waals surface area contributed by atoms with Crippen molar-refractivity contribution < 1.29 is 0 Å². The first kappa shape index (κ1) is 11.9. The summed E-state index contributed by atoms with van der Waals surface area (Å²) in [6.45, 7) is 0.857. The van der Waals surface area contributed by atoms with Gasteiger partial charge in [-0.2, -0.15) is 0 Å². The Morgan fingerprint density at radius 3 is 2.65 bits per heavy atom. The summed E-state index contributed by atoms with van der Waals surface area (Å²) in [7, 11) is 0. The van der Waals surface area contributed by atoms with E-state index < -0.39 is 0 Å². The molecule has 4 heteroatoms. The molecule has 3 N–H and O–H groups in total. The third-order valence-corrected chi connectivity index (χ3v) is 2.99. The van der Waals surface area contributed by atoms with Gasteiger partial charge < -0.3 is 11.1 Å². The first-order valence-electron chi connectivity index (χ1n) is 5.43. The number of benzene rings is 1. The van der Waals surface area contributed by atoms with Crippen molar-refractivity contribution in [2.45, 2.75) is 6.42 Å². The van der Waals surface area contributed by atoms with Gasteiger partial charge in [0.1, 0.15) is 0 Å². The molecule has 0 bridgehead atoms. The zero-order valence-electron chi connectivity index (χ0n) is 9.36. The van der Waals surface area contributed by atoms with Crippen LogP contribution in [0.4, 0.5) is 11.4 Å². The van der Waals surface area contributed by atoms with E-state index in [1.165, 1.54) is 5.56 Å². The number of pyridine rings is 1. The monoisotopic (exact) mass is 291 g/mol. The number of anilines is 2. The van der Waals surface area contributed by atoms with E-state index in [2.05, 4.69) is 26.2 Å². The fraction of sp³-hybridized carbons (Fsp3) is 0.154. The lowest BCUT2D eigenvalue weighted by atomic mass is 10.2. The minimum atomic E-state index is 0.758. The summed E-state index contributed by atoms with van der Waals surface area (Å²) >= 11 is 3.39. The molecule has 0 fully saturated rings. The number of hydrogen-bond donors (Lipinski definition) is 2. The second-order valence-electron chi connectivity index (χ2n) is 3.76. The van der Waals surface area contributed by atoms with E-state index in [4.69, 9.17) is 5.73 Å². The Kier molecular flexibility index (Phi) is 3.98. The fourth-order valence-corrected chi connectivity index (χ4v) is 1.96. The second-order valence-corrected chi connectivity index (χ2v) is 4.68. The lowest BCUT2D eigenvalue weighted by Crippen LogP contribution is -2.06. The van der Waals surface area contributed by atoms with E-state index in [0.717, 1.165) is 28.8 Å². The predicted octanol–water partition coefficient (Wildman–Crippen LogP) is 3.08. The Balaban J connectivity index is 1.90. The maximum absolute atomic E-state index is 5.90. The van der Waals surface area contributed by atoms with Crippen LogP contribution < -0.4 is 11.1 Å². The highest BCUT2D eigenvalue weighted by atomic mass is 79.9. The van der Waals surface area contributed by atoms with Crippen molar-refractivity contribution in [2.24, 2.45) is 0 Å². The fourth-order valence-electron chi connectivity index (χ4n) is 1.59. The number of aromatic nitrogens is 1. The zero-order chi connectivity index (χ0) is 12.1. The number of hydrogen-bond acceptors (Lipinski definition) is 3. The summed E-state index contributed by atoms with van der Waals surface area (Å²) in [5.41, 5.74) is 8.90. The number of nitrogen functional groups attached to an aromatic ring is 1. The summed E-state index contributed by atoms with van der Waals surface area (Å²) in [6, 6.07) is 9.89. The molecule has 3 nitrogen and oxygen atoms in total. The predicted molar refractivity (Wildman–Crippen MR) is 75.0 cm³/mol. The number of rotatable bonds is 4. The molecule has 0 aliphatic heterocycles. The molecule has 0 saturated heterocycles. The molecule has 0 saturated carbocycles. The van der Waals surface area contributed by atoms with E-state index in [1.54, 1.807) is 0 Å². The Morgan fingerprint density at radius 2 is 1.94 bits per heavy atom. The molecule has 2 rings (SSSR count). The maximum atomic E-state index is 5.90. The highest BCUT2D eigenvalue weighted by molar-refractivity contribution is 9.10. The van der Waals surface area contributed by atoms with Crippen molar-refractivity contribution in [1.29, 1.82) is 0 Å². The Hall–Kier alpha value is -1.55. The van der Waals surface area contributed by atoms with E-state index in [9.17, 15) is 0 Å². The average Bonchev–Trinajstić information content (AvgIpc) is 2.33. The molecule has 1 aromatic carbocycles. The number of halogens is 1. The minimum Gasteiger partial charge on any atom is -0.397 e. The van der Waals surface area contributed by atoms with Crippen LogP contribution in [0.1, 0.15) is 5.56 Å². The van der Waals surface area contributed by atoms with Crippen molar-refractivity contribution >= 4 is 27.3 Å². The van der Waals surface area contributed by atoms with Crippen LogP contribution in [0.3, 0.4) is 0 Å².